The number of carbonyl (C=O) groups is 1. The number of rotatable bonds is 6. The third-order valence-corrected chi connectivity index (χ3v) is 5.76. The number of hydrogen-bond donors (Lipinski definition) is 1. The van der Waals surface area contributed by atoms with Crippen molar-refractivity contribution in [2.75, 3.05) is 18.1 Å². The fourth-order valence-corrected chi connectivity index (χ4v) is 3.55. The summed E-state index contributed by atoms with van der Waals surface area (Å²) in [6.07, 6.45) is 0.953. The molecule has 6 heteroatoms. The minimum absolute atomic E-state index is 0.119. The zero-order valence-electron chi connectivity index (χ0n) is 12.2. The highest BCUT2D eigenvalue weighted by Gasteiger charge is 2.30. The molecule has 1 aromatic carbocycles. The molecule has 0 aromatic heterocycles. The van der Waals surface area contributed by atoms with E-state index in [9.17, 15) is 18.3 Å². The minimum Gasteiger partial charge on any atom is -0.480 e. The first kappa shape index (κ1) is 16.0. The van der Waals surface area contributed by atoms with E-state index in [2.05, 4.69) is 0 Å². The van der Waals surface area contributed by atoms with Crippen molar-refractivity contribution in [1.82, 2.24) is 4.90 Å². The Labute approximate surface area is 125 Å². The summed E-state index contributed by atoms with van der Waals surface area (Å²) in [7, 11) is -2.99. The topological polar surface area (TPSA) is 74.7 Å². The maximum atomic E-state index is 11.5. The second kappa shape index (κ2) is 6.58. The van der Waals surface area contributed by atoms with Gasteiger partial charge in [-0.05, 0) is 24.0 Å². The van der Waals surface area contributed by atoms with Crippen molar-refractivity contribution in [2.24, 2.45) is 0 Å². The molecule has 0 amide bonds. The van der Waals surface area contributed by atoms with Gasteiger partial charge in [-0.1, -0.05) is 31.2 Å². The van der Waals surface area contributed by atoms with Crippen LogP contribution >= 0.6 is 0 Å². The van der Waals surface area contributed by atoms with Crippen LogP contribution in [0.3, 0.4) is 0 Å². The Balaban J connectivity index is 2.05. The molecule has 5 nitrogen and oxygen atoms in total. The van der Waals surface area contributed by atoms with E-state index in [1.165, 1.54) is 0 Å². The molecule has 0 bridgehead atoms. The van der Waals surface area contributed by atoms with Gasteiger partial charge in [0.25, 0.3) is 0 Å². The van der Waals surface area contributed by atoms with Crippen LogP contribution in [0.5, 0.6) is 0 Å². The molecule has 0 saturated heterocycles. The standard InChI is InChI=1S/C15H21NO4S/c1-2-21(19,20)9-5-8-16-11-13-7-4-3-6-12(13)10-14(16)15(17)18/h3-4,6-7,14H,2,5,8-11H2,1H3,(H,17,18)/t14-/m0/s1. The predicted molar refractivity (Wildman–Crippen MR) is 80.9 cm³/mol. The van der Waals surface area contributed by atoms with Gasteiger partial charge in [0.2, 0.25) is 0 Å². The Bertz CT molecular complexity index is 612. The summed E-state index contributed by atoms with van der Waals surface area (Å²) in [5.41, 5.74) is 2.20. The number of aliphatic carboxylic acids is 1. The van der Waals surface area contributed by atoms with Crippen molar-refractivity contribution in [3.63, 3.8) is 0 Å². The summed E-state index contributed by atoms with van der Waals surface area (Å²) in [6.45, 7) is 2.69. The lowest BCUT2D eigenvalue weighted by molar-refractivity contribution is -0.143. The van der Waals surface area contributed by atoms with Gasteiger partial charge in [0.05, 0.1) is 5.75 Å². The maximum Gasteiger partial charge on any atom is 0.321 e. The molecule has 116 valence electrons. The van der Waals surface area contributed by atoms with E-state index in [1.54, 1.807) is 6.92 Å². The quantitative estimate of drug-likeness (QED) is 0.857. The largest absolute Gasteiger partial charge is 0.480 e. The van der Waals surface area contributed by atoms with E-state index >= 15 is 0 Å². The molecule has 0 fully saturated rings. The Hall–Kier alpha value is -1.40. The Morgan fingerprint density at radius 2 is 2.00 bits per heavy atom. The Morgan fingerprint density at radius 1 is 1.33 bits per heavy atom. The fraction of sp³-hybridized carbons (Fsp3) is 0.533. The van der Waals surface area contributed by atoms with E-state index in [0.717, 1.165) is 11.1 Å². The number of nitrogens with zero attached hydrogens (tertiary/aromatic N) is 1. The Morgan fingerprint density at radius 3 is 2.62 bits per heavy atom. The molecule has 2 rings (SSSR count). The predicted octanol–water partition coefficient (Wildman–Crippen LogP) is 1.32. The molecule has 1 aliphatic rings. The van der Waals surface area contributed by atoms with Crippen LogP contribution in [0, 0.1) is 0 Å². The lowest BCUT2D eigenvalue weighted by Gasteiger charge is -2.34. The zero-order valence-corrected chi connectivity index (χ0v) is 13.0. The first-order chi connectivity index (χ1) is 9.93. The summed E-state index contributed by atoms with van der Waals surface area (Å²) in [6, 6.07) is 7.26. The highest BCUT2D eigenvalue weighted by Crippen LogP contribution is 2.23. The molecular weight excluding hydrogens is 290 g/mol. The number of benzene rings is 1. The smallest absolute Gasteiger partial charge is 0.321 e. The van der Waals surface area contributed by atoms with Gasteiger partial charge in [0.15, 0.2) is 0 Å². The van der Waals surface area contributed by atoms with E-state index in [0.29, 0.717) is 25.9 Å². The summed E-state index contributed by atoms with van der Waals surface area (Å²) in [4.78, 5) is 13.3. The van der Waals surface area contributed by atoms with Crippen LogP contribution in [0.25, 0.3) is 0 Å². The first-order valence-corrected chi connectivity index (χ1v) is 8.99. The molecule has 0 spiro atoms. The van der Waals surface area contributed by atoms with Crippen molar-refractivity contribution in [1.29, 1.82) is 0 Å². The second-order valence-electron chi connectivity index (χ2n) is 5.39. The monoisotopic (exact) mass is 311 g/mol. The van der Waals surface area contributed by atoms with Gasteiger partial charge < -0.3 is 5.11 Å². The Kier molecular flexibility index (Phi) is 5.00. The van der Waals surface area contributed by atoms with E-state index < -0.39 is 21.8 Å². The molecular formula is C15H21NO4S. The normalized spacial score (nSPS) is 19.2. The van der Waals surface area contributed by atoms with Crippen LogP contribution in [-0.2, 0) is 27.6 Å². The zero-order chi connectivity index (χ0) is 15.5. The summed E-state index contributed by atoms with van der Waals surface area (Å²) in [5.74, 6) is -0.588. The molecule has 0 aliphatic carbocycles. The van der Waals surface area contributed by atoms with E-state index in [4.69, 9.17) is 0 Å². The number of carboxylic acids is 1. The third kappa shape index (κ3) is 4.04. The first-order valence-electron chi connectivity index (χ1n) is 7.17. The van der Waals surface area contributed by atoms with Crippen molar-refractivity contribution in [3.8, 4) is 0 Å². The molecule has 1 aromatic rings. The minimum atomic E-state index is -2.99. The average Bonchev–Trinajstić information content (AvgIpc) is 2.46. The highest BCUT2D eigenvalue weighted by molar-refractivity contribution is 7.91. The number of carboxylic acid groups (broad SMARTS) is 1. The molecule has 21 heavy (non-hydrogen) atoms. The van der Waals surface area contributed by atoms with Gasteiger partial charge in [-0.25, -0.2) is 8.42 Å². The molecule has 0 radical (unpaired) electrons. The average molecular weight is 311 g/mol. The van der Waals surface area contributed by atoms with Crippen LogP contribution in [0.2, 0.25) is 0 Å². The van der Waals surface area contributed by atoms with E-state index in [1.807, 2.05) is 29.2 Å². The maximum absolute atomic E-state index is 11.5. The van der Waals surface area contributed by atoms with Crippen LogP contribution < -0.4 is 0 Å². The fourth-order valence-electron chi connectivity index (χ4n) is 2.69. The summed E-state index contributed by atoms with van der Waals surface area (Å²) in [5, 5.41) is 9.38. The number of hydrogen-bond acceptors (Lipinski definition) is 4. The second-order valence-corrected chi connectivity index (χ2v) is 7.86. The SMILES string of the molecule is CCS(=O)(=O)CCCN1Cc2ccccc2C[C@H]1C(=O)O. The van der Waals surface area contributed by atoms with Gasteiger partial charge in [0, 0.05) is 18.8 Å². The molecule has 1 heterocycles. The van der Waals surface area contributed by atoms with Gasteiger partial charge >= 0.3 is 5.97 Å². The van der Waals surface area contributed by atoms with E-state index in [-0.39, 0.29) is 11.5 Å². The summed E-state index contributed by atoms with van der Waals surface area (Å²) >= 11 is 0. The molecule has 0 unspecified atom stereocenters. The lowest BCUT2D eigenvalue weighted by Crippen LogP contribution is -2.46. The van der Waals surface area contributed by atoms with Crippen LogP contribution in [-0.4, -0.2) is 48.5 Å². The molecule has 1 N–H and O–H groups in total. The van der Waals surface area contributed by atoms with Crippen LogP contribution in [0.1, 0.15) is 24.5 Å². The highest BCUT2D eigenvalue weighted by atomic mass is 32.2. The molecule has 1 aliphatic heterocycles. The number of sulfone groups is 1. The van der Waals surface area contributed by atoms with Gasteiger partial charge in [0.1, 0.15) is 15.9 Å². The molecule has 0 saturated carbocycles. The van der Waals surface area contributed by atoms with Crippen molar-refractivity contribution >= 4 is 15.8 Å². The van der Waals surface area contributed by atoms with Crippen LogP contribution in [0.4, 0.5) is 0 Å². The third-order valence-electron chi connectivity index (χ3n) is 3.97. The van der Waals surface area contributed by atoms with Crippen molar-refractivity contribution in [3.05, 3.63) is 35.4 Å². The van der Waals surface area contributed by atoms with Gasteiger partial charge in [-0.15, -0.1) is 0 Å². The number of fused-ring (bicyclic) bond motifs is 1. The van der Waals surface area contributed by atoms with Crippen molar-refractivity contribution in [2.45, 2.75) is 32.4 Å². The molecule has 1 atom stereocenters. The van der Waals surface area contributed by atoms with Gasteiger partial charge in [-0.3, -0.25) is 9.69 Å². The van der Waals surface area contributed by atoms with Crippen molar-refractivity contribution < 1.29 is 18.3 Å². The lowest BCUT2D eigenvalue weighted by atomic mass is 9.94. The van der Waals surface area contributed by atoms with Crippen LogP contribution in [0.15, 0.2) is 24.3 Å². The summed E-state index contributed by atoms with van der Waals surface area (Å²) < 4.78 is 23.0. The van der Waals surface area contributed by atoms with Gasteiger partial charge in [-0.2, -0.15) is 0 Å².